The molecule has 0 aliphatic heterocycles. The van der Waals surface area contributed by atoms with Crippen molar-refractivity contribution in [1.29, 1.82) is 0 Å². The Morgan fingerprint density at radius 3 is 2.50 bits per heavy atom. The third-order valence-corrected chi connectivity index (χ3v) is 4.09. The fourth-order valence-corrected chi connectivity index (χ4v) is 2.90. The SMILES string of the molecule is O=C(NC[C@@H]1CCCC[C@@H]1O)c1c(F)cc(Br)cc1F. The van der Waals surface area contributed by atoms with Crippen LogP contribution in [-0.2, 0) is 0 Å². The molecule has 110 valence electrons. The second kappa shape index (κ2) is 6.63. The van der Waals surface area contributed by atoms with Crippen LogP contribution in [0.4, 0.5) is 8.78 Å². The molecule has 0 radical (unpaired) electrons. The number of aliphatic hydroxyl groups is 1. The normalized spacial score (nSPS) is 22.6. The zero-order chi connectivity index (χ0) is 14.7. The molecule has 1 aliphatic rings. The molecule has 1 aromatic rings. The fraction of sp³-hybridized carbons (Fsp3) is 0.500. The van der Waals surface area contributed by atoms with E-state index in [2.05, 4.69) is 21.2 Å². The van der Waals surface area contributed by atoms with E-state index in [0.29, 0.717) is 6.42 Å². The van der Waals surface area contributed by atoms with Crippen molar-refractivity contribution >= 4 is 21.8 Å². The summed E-state index contributed by atoms with van der Waals surface area (Å²) in [5.41, 5.74) is -0.585. The van der Waals surface area contributed by atoms with Gasteiger partial charge < -0.3 is 10.4 Å². The Morgan fingerprint density at radius 1 is 1.30 bits per heavy atom. The quantitative estimate of drug-likeness (QED) is 0.882. The van der Waals surface area contributed by atoms with Gasteiger partial charge in [-0.1, -0.05) is 28.8 Å². The van der Waals surface area contributed by atoms with Crippen molar-refractivity contribution in [2.24, 2.45) is 5.92 Å². The summed E-state index contributed by atoms with van der Waals surface area (Å²) in [4.78, 5) is 11.9. The van der Waals surface area contributed by atoms with Gasteiger partial charge in [0.25, 0.3) is 5.91 Å². The number of aliphatic hydroxyl groups excluding tert-OH is 1. The van der Waals surface area contributed by atoms with Gasteiger partial charge >= 0.3 is 0 Å². The molecule has 0 saturated heterocycles. The largest absolute Gasteiger partial charge is 0.393 e. The van der Waals surface area contributed by atoms with E-state index in [4.69, 9.17) is 0 Å². The van der Waals surface area contributed by atoms with E-state index < -0.39 is 29.2 Å². The molecule has 6 heteroatoms. The summed E-state index contributed by atoms with van der Waals surface area (Å²) in [6.07, 6.45) is 3.04. The Balaban J connectivity index is 2.02. The summed E-state index contributed by atoms with van der Waals surface area (Å²) in [7, 11) is 0. The molecule has 20 heavy (non-hydrogen) atoms. The Bertz CT molecular complexity index is 487. The second-order valence-electron chi connectivity index (χ2n) is 5.07. The highest BCUT2D eigenvalue weighted by molar-refractivity contribution is 9.10. The van der Waals surface area contributed by atoms with Gasteiger partial charge in [0.05, 0.1) is 6.10 Å². The average Bonchev–Trinajstić information content (AvgIpc) is 2.36. The van der Waals surface area contributed by atoms with Crippen LogP contribution in [-0.4, -0.2) is 23.7 Å². The fourth-order valence-electron chi connectivity index (χ4n) is 2.50. The Labute approximate surface area is 124 Å². The number of carbonyl (C=O) groups excluding carboxylic acids is 1. The number of halogens is 3. The molecule has 0 spiro atoms. The molecule has 2 rings (SSSR count). The summed E-state index contributed by atoms with van der Waals surface area (Å²) in [6, 6.07) is 2.10. The maximum absolute atomic E-state index is 13.6. The summed E-state index contributed by atoms with van der Waals surface area (Å²) >= 11 is 2.96. The predicted molar refractivity (Wildman–Crippen MR) is 74.4 cm³/mol. The van der Waals surface area contributed by atoms with Crippen molar-refractivity contribution in [3.05, 3.63) is 33.8 Å². The van der Waals surface area contributed by atoms with Crippen molar-refractivity contribution in [2.75, 3.05) is 6.54 Å². The van der Waals surface area contributed by atoms with Crippen molar-refractivity contribution in [3.63, 3.8) is 0 Å². The predicted octanol–water partition coefficient (Wildman–Crippen LogP) is 3.01. The average molecular weight is 348 g/mol. The first-order valence-electron chi connectivity index (χ1n) is 6.60. The van der Waals surface area contributed by atoms with E-state index in [1.165, 1.54) is 0 Å². The van der Waals surface area contributed by atoms with E-state index in [1.54, 1.807) is 0 Å². The first kappa shape index (κ1) is 15.4. The van der Waals surface area contributed by atoms with Gasteiger partial charge in [-0.25, -0.2) is 8.78 Å². The van der Waals surface area contributed by atoms with Crippen LogP contribution in [0.25, 0.3) is 0 Å². The minimum absolute atomic E-state index is 0.0470. The highest BCUT2D eigenvalue weighted by Gasteiger charge is 2.25. The first-order chi connectivity index (χ1) is 9.49. The lowest BCUT2D eigenvalue weighted by Gasteiger charge is -2.27. The van der Waals surface area contributed by atoms with Gasteiger partial charge in [-0.2, -0.15) is 0 Å². The molecule has 2 N–H and O–H groups in total. The first-order valence-corrected chi connectivity index (χ1v) is 7.39. The number of hydrogen-bond donors (Lipinski definition) is 2. The molecule has 0 unspecified atom stereocenters. The smallest absolute Gasteiger partial charge is 0.257 e. The number of nitrogens with one attached hydrogen (secondary N) is 1. The number of hydrogen-bond acceptors (Lipinski definition) is 2. The topological polar surface area (TPSA) is 49.3 Å². The van der Waals surface area contributed by atoms with Crippen molar-refractivity contribution < 1.29 is 18.7 Å². The Hall–Kier alpha value is -1.01. The maximum atomic E-state index is 13.6. The molecule has 1 aliphatic carbocycles. The van der Waals surface area contributed by atoms with Crippen LogP contribution in [0.2, 0.25) is 0 Å². The van der Waals surface area contributed by atoms with Crippen LogP contribution in [0.15, 0.2) is 16.6 Å². The third kappa shape index (κ3) is 3.55. The van der Waals surface area contributed by atoms with Crippen molar-refractivity contribution in [3.8, 4) is 0 Å². The minimum Gasteiger partial charge on any atom is -0.393 e. The van der Waals surface area contributed by atoms with Gasteiger partial charge in [0.2, 0.25) is 0 Å². The van der Waals surface area contributed by atoms with Gasteiger partial charge in [-0.15, -0.1) is 0 Å². The van der Waals surface area contributed by atoms with Crippen molar-refractivity contribution in [1.82, 2.24) is 5.32 Å². The van der Waals surface area contributed by atoms with Crippen LogP contribution in [0.1, 0.15) is 36.0 Å². The van der Waals surface area contributed by atoms with Crippen LogP contribution < -0.4 is 5.32 Å². The van der Waals surface area contributed by atoms with E-state index in [9.17, 15) is 18.7 Å². The monoisotopic (exact) mass is 347 g/mol. The van der Waals surface area contributed by atoms with Gasteiger partial charge in [0.1, 0.15) is 17.2 Å². The molecule has 2 atom stereocenters. The molecule has 3 nitrogen and oxygen atoms in total. The van der Waals surface area contributed by atoms with Gasteiger partial charge in [-0.3, -0.25) is 4.79 Å². The van der Waals surface area contributed by atoms with E-state index >= 15 is 0 Å². The molecule has 0 bridgehead atoms. The summed E-state index contributed by atoms with van der Waals surface area (Å²) in [6.45, 7) is 0.231. The number of amides is 1. The van der Waals surface area contributed by atoms with Gasteiger partial charge in [0, 0.05) is 16.9 Å². The summed E-state index contributed by atoms with van der Waals surface area (Å²) in [5.74, 6) is -2.64. The maximum Gasteiger partial charge on any atom is 0.257 e. The molecule has 0 aromatic heterocycles. The lowest BCUT2D eigenvalue weighted by atomic mass is 9.86. The van der Waals surface area contributed by atoms with E-state index in [-0.39, 0.29) is 16.9 Å². The number of carbonyl (C=O) groups is 1. The molecule has 1 amide bonds. The molecule has 1 fully saturated rings. The zero-order valence-corrected chi connectivity index (χ0v) is 12.4. The highest BCUT2D eigenvalue weighted by atomic mass is 79.9. The minimum atomic E-state index is -0.904. The molecule has 1 saturated carbocycles. The number of rotatable bonds is 3. The summed E-state index contributed by atoms with van der Waals surface area (Å²) in [5, 5.41) is 12.3. The van der Waals surface area contributed by atoms with Crippen LogP contribution in [0.3, 0.4) is 0 Å². The molecule has 1 aromatic carbocycles. The molecular formula is C14H16BrF2NO2. The molecule has 0 heterocycles. The highest BCUT2D eigenvalue weighted by Crippen LogP contribution is 2.24. The van der Waals surface area contributed by atoms with Crippen LogP contribution >= 0.6 is 15.9 Å². The third-order valence-electron chi connectivity index (χ3n) is 3.63. The van der Waals surface area contributed by atoms with Crippen LogP contribution in [0, 0.1) is 17.6 Å². The van der Waals surface area contributed by atoms with E-state index in [1.807, 2.05) is 0 Å². The second-order valence-corrected chi connectivity index (χ2v) is 5.98. The van der Waals surface area contributed by atoms with Gasteiger partial charge in [0.15, 0.2) is 0 Å². The molecular weight excluding hydrogens is 332 g/mol. The Kier molecular flexibility index (Phi) is 5.10. The lowest BCUT2D eigenvalue weighted by Crippen LogP contribution is -2.37. The standard InChI is InChI=1S/C14H16BrF2NO2/c15-9-5-10(16)13(11(17)6-9)14(20)18-7-8-3-1-2-4-12(8)19/h5-6,8,12,19H,1-4,7H2,(H,18,20)/t8-,12-/m0/s1. The lowest BCUT2D eigenvalue weighted by molar-refractivity contribution is 0.0661. The summed E-state index contributed by atoms with van der Waals surface area (Å²) < 4.78 is 27.5. The number of benzene rings is 1. The van der Waals surface area contributed by atoms with Gasteiger partial charge in [-0.05, 0) is 25.0 Å². The van der Waals surface area contributed by atoms with Crippen LogP contribution in [0.5, 0.6) is 0 Å². The Morgan fingerprint density at radius 2 is 1.90 bits per heavy atom. The van der Waals surface area contributed by atoms with E-state index in [0.717, 1.165) is 31.4 Å². The zero-order valence-electron chi connectivity index (χ0n) is 10.8. The van der Waals surface area contributed by atoms with Crippen molar-refractivity contribution in [2.45, 2.75) is 31.8 Å².